The van der Waals surface area contributed by atoms with Gasteiger partial charge < -0.3 is 15.4 Å². The number of hydrogen-bond donors (Lipinski definition) is 2. The van der Waals surface area contributed by atoms with Crippen LogP contribution in [-0.2, 0) is 9.53 Å². The Morgan fingerprint density at radius 3 is 2.55 bits per heavy atom. The van der Waals surface area contributed by atoms with Crippen LogP contribution in [0.5, 0.6) is 0 Å². The van der Waals surface area contributed by atoms with Crippen LogP contribution >= 0.6 is 11.6 Å². The van der Waals surface area contributed by atoms with Crippen molar-refractivity contribution in [3.05, 3.63) is 29.3 Å². The number of urea groups is 1. The van der Waals surface area contributed by atoms with Gasteiger partial charge in [-0.15, -0.1) is 0 Å². The minimum atomic E-state index is -1.06. The van der Waals surface area contributed by atoms with E-state index in [0.29, 0.717) is 17.1 Å². The van der Waals surface area contributed by atoms with Gasteiger partial charge in [0.05, 0.1) is 17.8 Å². The number of esters is 1. The second-order valence-electron chi connectivity index (χ2n) is 4.63. The molecule has 0 aliphatic carbocycles. The van der Waals surface area contributed by atoms with Gasteiger partial charge in [0.15, 0.2) is 0 Å². The average molecular weight is 299 g/mol. The lowest BCUT2D eigenvalue weighted by molar-refractivity contribution is -0.147. The Bertz CT molecular complexity index is 493. The van der Waals surface area contributed by atoms with Crippen molar-refractivity contribution in [2.75, 3.05) is 12.4 Å². The number of methoxy groups -OCH3 is 1. The van der Waals surface area contributed by atoms with Crippen LogP contribution in [0.25, 0.3) is 0 Å². The highest BCUT2D eigenvalue weighted by molar-refractivity contribution is 6.33. The first-order valence-electron chi connectivity index (χ1n) is 6.35. The maximum Gasteiger partial charge on any atom is 0.331 e. The molecule has 5 nitrogen and oxygen atoms in total. The van der Waals surface area contributed by atoms with Gasteiger partial charge in [-0.3, -0.25) is 0 Å². The topological polar surface area (TPSA) is 67.4 Å². The molecule has 2 amide bonds. The lowest BCUT2D eigenvalue weighted by Crippen LogP contribution is -2.54. The summed E-state index contributed by atoms with van der Waals surface area (Å²) >= 11 is 5.96. The number of halogens is 1. The van der Waals surface area contributed by atoms with E-state index in [-0.39, 0.29) is 0 Å². The summed E-state index contributed by atoms with van der Waals surface area (Å²) in [7, 11) is 1.30. The molecule has 0 saturated carbocycles. The van der Waals surface area contributed by atoms with Crippen molar-refractivity contribution in [2.24, 2.45) is 0 Å². The van der Waals surface area contributed by atoms with Crippen molar-refractivity contribution in [2.45, 2.75) is 32.2 Å². The minimum Gasteiger partial charge on any atom is -0.467 e. The fourth-order valence-electron chi connectivity index (χ4n) is 1.91. The van der Waals surface area contributed by atoms with E-state index in [1.807, 2.05) is 6.92 Å². The Morgan fingerprint density at radius 2 is 2.00 bits per heavy atom. The normalized spacial score (nSPS) is 13.2. The molecule has 0 heterocycles. The fraction of sp³-hybridized carbons (Fsp3) is 0.429. The molecule has 0 radical (unpaired) electrons. The third-order valence-corrected chi connectivity index (χ3v) is 3.23. The molecule has 0 fully saturated rings. The molecule has 0 aromatic heterocycles. The van der Waals surface area contributed by atoms with Gasteiger partial charge in [-0.1, -0.05) is 37.1 Å². The van der Waals surface area contributed by atoms with E-state index < -0.39 is 17.5 Å². The molecule has 1 unspecified atom stereocenters. The molecule has 0 aliphatic heterocycles. The molecule has 6 heteroatoms. The van der Waals surface area contributed by atoms with Crippen LogP contribution in [-0.4, -0.2) is 24.6 Å². The summed E-state index contributed by atoms with van der Waals surface area (Å²) in [5.74, 6) is -0.478. The molecular weight excluding hydrogens is 280 g/mol. The zero-order valence-corrected chi connectivity index (χ0v) is 12.6. The maximum absolute atomic E-state index is 12.0. The Morgan fingerprint density at radius 1 is 1.35 bits per heavy atom. The predicted molar refractivity (Wildman–Crippen MR) is 78.9 cm³/mol. The van der Waals surface area contributed by atoms with E-state index in [2.05, 4.69) is 10.6 Å². The number of rotatable bonds is 5. The highest BCUT2D eigenvalue weighted by Gasteiger charge is 2.35. The standard InChI is InChI=1S/C14H19ClN2O3/c1-4-9-14(2,12(18)20-3)17-13(19)16-11-8-6-5-7-10(11)15/h5-8H,4,9H2,1-3H3,(H2,16,17,19). The van der Waals surface area contributed by atoms with Crippen LogP contribution in [0.2, 0.25) is 5.02 Å². The molecule has 2 N–H and O–H groups in total. The quantitative estimate of drug-likeness (QED) is 0.820. The van der Waals surface area contributed by atoms with Crippen molar-refractivity contribution in [3.63, 3.8) is 0 Å². The summed E-state index contributed by atoms with van der Waals surface area (Å²) in [6.45, 7) is 3.56. The largest absolute Gasteiger partial charge is 0.467 e. The Kier molecular flexibility index (Phi) is 5.82. The Balaban J connectivity index is 2.77. The van der Waals surface area contributed by atoms with Crippen molar-refractivity contribution in [1.29, 1.82) is 0 Å². The predicted octanol–water partition coefficient (Wildman–Crippen LogP) is 3.19. The molecule has 0 bridgehead atoms. The van der Waals surface area contributed by atoms with E-state index in [0.717, 1.165) is 6.42 Å². The number of nitrogens with one attached hydrogen (secondary N) is 2. The number of carbonyl (C=O) groups excluding carboxylic acids is 2. The maximum atomic E-state index is 12.0. The van der Waals surface area contributed by atoms with E-state index in [9.17, 15) is 9.59 Å². The highest BCUT2D eigenvalue weighted by atomic mass is 35.5. The molecule has 110 valence electrons. The monoisotopic (exact) mass is 298 g/mol. The number of carbonyl (C=O) groups is 2. The van der Waals surface area contributed by atoms with Gasteiger partial charge in [-0.2, -0.15) is 0 Å². The zero-order chi connectivity index (χ0) is 15.2. The number of hydrogen-bond acceptors (Lipinski definition) is 3. The first kappa shape index (κ1) is 16.3. The second-order valence-corrected chi connectivity index (χ2v) is 5.04. The van der Waals surface area contributed by atoms with Crippen LogP contribution in [0.1, 0.15) is 26.7 Å². The van der Waals surface area contributed by atoms with E-state index in [1.165, 1.54) is 7.11 Å². The molecule has 1 aromatic rings. The lowest BCUT2D eigenvalue weighted by Gasteiger charge is -2.27. The van der Waals surface area contributed by atoms with Crippen LogP contribution < -0.4 is 10.6 Å². The van der Waals surface area contributed by atoms with Gasteiger partial charge in [0.1, 0.15) is 5.54 Å². The van der Waals surface area contributed by atoms with Crippen LogP contribution in [0, 0.1) is 0 Å². The van der Waals surface area contributed by atoms with Gasteiger partial charge in [0.25, 0.3) is 0 Å². The van der Waals surface area contributed by atoms with E-state index in [1.54, 1.807) is 31.2 Å². The summed E-state index contributed by atoms with van der Waals surface area (Å²) in [5, 5.41) is 5.68. The van der Waals surface area contributed by atoms with Crippen molar-refractivity contribution in [1.82, 2.24) is 5.32 Å². The molecular formula is C14H19ClN2O3. The molecule has 0 saturated heterocycles. The van der Waals surface area contributed by atoms with Gasteiger partial charge in [0, 0.05) is 0 Å². The van der Waals surface area contributed by atoms with Crippen molar-refractivity contribution < 1.29 is 14.3 Å². The van der Waals surface area contributed by atoms with Gasteiger partial charge in [-0.05, 0) is 25.5 Å². The minimum absolute atomic E-state index is 0.429. The fourth-order valence-corrected chi connectivity index (χ4v) is 2.09. The number of ether oxygens (including phenoxy) is 1. The summed E-state index contributed by atoms with van der Waals surface area (Å²) in [5.41, 5.74) is -0.579. The van der Waals surface area contributed by atoms with Gasteiger partial charge >= 0.3 is 12.0 Å². The number of amides is 2. The first-order chi connectivity index (χ1) is 9.42. The van der Waals surface area contributed by atoms with E-state index >= 15 is 0 Å². The van der Waals surface area contributed by atoms with E-state index in [4.69, 9.17) is 16.3 Å². The SMILES string of the molecule is CCCC(C)(NC(=O)Nc1ccccc1Cl)C(=O)OC. The number of para-hydroxylation sites is 1. The van der Waals surface area contributed by atoms with Crippen LogP contribution in [0.4, 0.5) is 10.5 Å². The molecule has 1 atom stereocenters. The highest BCUT2D eigenvalue weighted by Crippen LogP contribution is 2.21. The summed E-state index contributed by atoms with van der Waals surface area (Å²) in [4.78, 5) is 23.8. The Hall–Kier alpha value is -1.75. The summed E-state index contributed by atoms with van der Waals surface area (Å²) < 4.78 is 4.74. The van der Waals surface area contributed by atoms with Crippen LogP contribution in [0.3, 0.4) is 0 Å². The number of benzene rings is 1. The Labute approximate surface area is 123 Å². The van der Waals surface area contributed by atoms with Crippen molar-refractivity contribution in [3.8, 4) is 0 Å². The molecule has 0 aliphatic rings. The lowest BCUT2D eigenvalue weighted by atomic mass is 9.96. The second kappa shape index (κ2) is 7.14. The third kappa shape index (κ3) is 4.13. The summed E-state index contributed by atoms with van der Waals surface area (Å²) in [6.07, 6.45) is 1.22. The molecule has 1 aromatic carbocycles. The molecule has 0 spiro atoms. The average Bonchev–Trinajstić information content (AvgIpc) is 2.40. The van der Waals surface area contributed by atoms with Gasteiger partial charge in [-0.25, -0.2) is 9.59 Å². The summed E-state index contributed by atoms with van der Waals surface area (Å²) in [6, 6.07) is 6.37. The zero-order valence-electron chi connectivity index (χ0n) is 11.8. The molecule has 20 heavy (non-hydrogen) atoms. The van der Waals surface area contributed by atoms with Crippen LogP contribution in [0.15, 0.2) is 24.3 Å². The smallest absolute Gasteiger partial charge is 0.331 e. The number of anilines is 1. The third-order valence-electron chi connectivity index (χ3n) is 2.90. The molecule has 1 rings (SSSR count). The van der Waals surface area contributed by atoms with Crippen molar-refractivity contribution >= 4 is 29.3 Å². The first-order valence-corrected chi connectivity index (χ1v) is 6.73. The van der Waals surface area contributed by atoms with Gasteiger partial charge in [0.2, 0.25) is 0 Å².